The topological polar surface area (TPSA) is 49.8 Å². The maximum absolute atomic E-state index is 12.8. The molecule has 0 unspecified atom stereocenters. The molecule has 1 aromatic carbocycles. The monoisotopic (exact) mass is 316 g/mol. The van der Waals surface area contributed by atoms with Gasteiger partial charge in [0, 0.05) is 13.1 Å². The summed E-state index contributed by atoms with van der Waals surface area (Å²) in [6.45, 7) is 1.79. The van der Waals surface area contributed by atoms with Gasteiger partial charge in [-0.3, -0.25) is 0 Å². The quantitative estimate of drug-likeness (QED) is 0.889. The van der Waals surface area contributed by atoms with E-state index in [1.165, 1.54) is 13.1 Å². The molecule has 21 heavy (non-hydrogen) atoms. The Labute approximate surface area is 124 Å². The van der Waals surface area contributed by atoms with Crippen LogP contribution in [0.3, 0.4) is 0 Å². The van der Waals surface area contributed by atoms with Gasteiger partial charge in [-0.15, -0.1) is 0 Å². The zero-order valence-corrected chi connectivity index (χ0v) is 12.0. The fourth-order valence-electron chi connectivity index (χ4n) is 1.68. The van der Waals surface area contributed by atoms with Gasteiger partial charge in [-0.1, -0.05) is 23.7 Å². The van der Waals surface area contributed by atoms with Gasteiger partial charge in [0.15, 0.2) is 0 Å². The van der Waals surface area contributed by atoms with Crippen LogP contribution in [0.5, 0.6) is 0 Å². The number of nitrogens with one attached hydrogen (secondary N) is 2. The molecule has 2 N–H and O–H groups in total. The second-order valence-electron chi connectivity index (χ2n) is 4.27. The molecule has 0 saturated carbocycles. The number of hydrogen-bond donors (Lipinski definition) is 2. The van der Waals surface area contributed by atoms with Crippen LogP contribution in [-0.2, 0) is 6.18 Å². The van der Waals surface area contributed by atoms with E-state index in [2.05, 4.69) is 20.6 Å². The summed E-state index contributed by atoms with van der Waals surface area (Å²) in [6, 6.07) is 6.56. The average molecular weight is 317 g/mol. The first-order chi connectivity index (χ1) is 9.81. The third kappa shape index (κ3) is 3.55. The van der Waals surface area contributed by atoms with Crippen LogP contribution in [0.25, 0.3) is 0 Å². The van der Waals surface area contributed by atoms with Gasteiger partial charge in [0.2, 0.25) is 5.82 Å². The molecule has 0 saturated heterocycles. The highest BCUT2D eigenvalue weighted by atomic mass is 35.5. The number of alkyl halides is 3. The van der Waals surface area contributed by atoms with E-state index in [0.29, 0.717) is 10.7 Å². The van der Waals surface area contributed by atoms with Gasteiger partial charge in [-0.2, -0.15) is 13.2 Å². The Morgan fingerprint density at radius 1 is 1.14 bits per heavy atom. The molecule has 0 radical (unpaired) electrons. The molecule has 0 amide bonds. The molecule has 8 heteroatoms. The fraction of sp³-hybridized carbons (Fsp3) is 0.231. The van der Waals surface area contributed by atoms with E-state index >= 15 is 0 Å². The van der Waals surface area contributed by atoms with Crippen molar-refractivity contribution in [1.82, 2.24) is 9.97 Å². The van der Waals surface area contributed by atoms with E-state index in [-0.39, 0.29) is 11.6 Å². The van der Waals surface area contributed by atoms with Crippen molar-refractivity contribution in [2.45, 2.75) is 13.1 Å². The normalized spacial score (nSPS) is 11.3. The van der Waals surface area contributed by atoms with Crippen LogP contribution in [0.15, 0.2) is 24.3 Å². The molecular formula is C13H12ClF3N4. The van der Waals surface area contributed by atoms with E-state index in [4.69, 9.17) is 11.6 Å². The molecule has 2 aromatic rings. The number of para-hydroxylation sites is 1. The number of anilines is 3. The molecule has 1 aromatic heterocycles. The smallest absolute Gasteiger partial charge is 0.373 e. The first-order valence-corrected chi connectivity index (χ1v) is 6.35. The summed E-state index contributed by atoms with van der Waals surface area (Å²) < 4.78 is 38.3. The minimum Gasteiger partial charge on any atom is -0.373 e. The van der Waals surface area contributed by atoms with Crippen LogP contribution in [0.1, 0.15) is 11.4 Å². The van der Waals surface area contributed by atoms with Gasteiger partial charge in [-0.05, 0) is 18.6 Å². The minimum atomic E-state index is -4.63. The number of aromatic nitrogens is 2. The molecule has 4 nitrogen and oxygen atoms in total. The highest BCUT2D eigenvalue weighted by Crippen LogP contribution is 2.31. The summed E-state index contributed by atoms with van der Waals surface area (Å²) in [5.41, 5.74) is 1.30. The second kappa shape index (κ2) is 5.77. The van der Waals surface area contributed by atoms with Gasteiger partial charge in [0.25, 0.3) is 0 Å². The lowest BCUT2D eigenvalue weighted by Crippen LogP contribution is -2.13. The molecule has 2 rings (SSSR count). The molecule has 0 bridgehead atoms. The first-order valence-electron chi connectivity index (χ1n) is 5.97. The summed E-state index contributed by atoms with van der Waals surface area (Å²) in [5, 5.41) is 5.77. The number of aryl methyl sites for hydroxylation is 1. The summed E-state index contributed by atoms with van der Waals surface area (Å²) in [4.78, 5) is 6.87. The first kappa shape index (κ1) is 15.4. The van der Waals surface area contributed by atoms with Gasteiger partial charge in [0.1, 0.15) is 11.6 Å². The van der Waals surface area contributed by atoms with Crippen molar-refractivity contribution in [2.75, 3.05) is 17.7 Å². The number of rotatable bonds is 3. The molecule has 0 aliphatic heterocycles. The van der Waals surface area contributed by atoms with E-state index in [1.54, 1.807) is 25.1 Å². The van der Waals surface area contributed by atoms with Gasteiger partial charge < -0.3 is 10.6 Å². The number of nitrogens with zero attached hydrogens (tertiary/aromatic N) is 2. The van der Waals surface area contributed by atoms with Crippen molar-refractivity contribution >= 4 is 28.9 Å². The van der Waals surface area contributed by atoms with Gasteiger partial charge in [0.05, 0.1) is 10.7 Å². The van der Waals surface area contributed by atoms with Crippen LogP contribution in [-0.4, -0.2) is 17.0 Å². The zero-order chi connectivity index (χ0) is 15.6. The van der Waals surface area contributed by atoms with Crippen LogP contribution in [0, 0.1) is 6.92 Å². The molecule has 112 valence electrons. The summed E-state index contributed by atoms with van der Waals surface area (Å²) in [7, 11) is 1.48. The van der Waals surface area contributed by atoms with Crippen molar-refractivity contribution in [1.29, 1.82) is 0 Å². The standard InChI is InChI=1S/C13H12ClF3N4/c1-7-4-3-5-8(14)11(7)19-10-6-9(18-2)20-12(21-10)13(15,16)17/h3-6H,1-2H3,(H2,18,19,20,21). The lowest BCUT2D eigenvalue weighted by Gasteiger charge is -2.13. The third-order valence-corrected chi connectivity index (χ3v) is 3.03. The molecule has 0 atom stereocenters. The number of benzene rings is 1. The van der Waals surface area contributed by atoms with Crippen molar-refractivity contribution in [3.8, 4) is 0 Å². The summed E-state index contributed by atoms with van der Waals surface area (Å²) in [6.07, 6.45) is -4.63. The van der Waals surface area contributed by atoms with Crippen molar-refractivity contribution in [2.24, 2.45) is 0 Å². The van der Waals surface area contributed by atoms with Crippen LogP contribution < -0.4 is 10.6 Å². The predicted molar refractivity (Wildman–Crippen MR) is 76.1 cm³/mol. The number of halogens is 4. The lowest BCUT2D eigenvalue weighted by molar-refractivity contribution is -0.144. The second-order valence-corrected chi connectivity index (χ2v) is 4.67. The third-order valence-electron chi connectivity index (χ3n) is 2.71. The summed E-state index contributed by atoms with van der Waals surface area (Å²) >= 11 is 6.04. The van der Waals surface area contributed by atoms with Gasteiger partial charge >= 0.3 is 6.18 Å². The van der Waals surface area contributed by atoms with Crippen LogP contribution in [0.4, 0.5) is 30.5 Å². The molecule has 1 heterocycles. The largest absolute Gasteiger partial charge is 0.451 e. The van der Waals surface area contributed by atoms with E-state index < -0.39 is 12.0 Å². The number of hydrogen-bond acceptors (Lipinski definition) is 4. The Kier molecular flexibility index (Phi) is 4.22. The highest BCUT2D eigenvalue weighted by molar-refractivity contribution is 6.33. The molecule has 0 spiro atoms. The minimum absolute atomic E-state index is 0.0119. The van der Waals surface area contributed by atoms with Crippen LogP contribution >= 0.6 is 11.6 Å². The maximum Gasteiger partial charge on any atom is 0.451 e. The van der Waals surface area contributed by atoms with Crippen molar-refractivity contribution < 1.29 is 13.2 Å². The Morgan fingerprint density at radius 3 is 2.38 bits per heavy atom. The Bertz CT molecular complexity index is 638. The molecule has 0 aliphatic rings. The van der Waals surface area contributed by atoms with Gasteiger partial charge in [-0.25, -0.2) is 9.97 Å². The van der Waals surface area contributed by atoms with E-state index in [0.717, 1.165) is 5.56 Å². The highest BCUT2D eigenvalue weighted by Gasteiger charge is 2.35. The van der Waals surface area contributed by atoms with E-state index in [1.807, 2.05) is 0 Å². The Morgan fingerprint density at radius 2 is 1.81 bits per heavy atom. The maximum atomic E-state index is 12.8. The SMILES string of the molecule is CNc1cc(Nc2c(C)cccc2Cl)nc(C(F)(F)F)n1. The predicted octanol–water partition coefficient (Wildman–Crippen LogP) is 4.24. The lowest BCUT2D eigenvalue weighted by atomic mass is 10.2. The molecule has 0 fully saturated rings. The Balaban J connectivity index is 2.45. The molecule has 0 aliphatic carbocycles. The fourth-order valence-corrected chi connectivity index (χ4v) is 1.95. The van der Waals surface area contributed by atoms with Crippen molar-refractivity contribution in [3.63, 3.8) is 0 Å². The molecular weight excluding hydrogens is 305 g/mol. The Hall–Kier alpha value is -2.02. The van der Waals surface area contributed by atoms with Crippen LogP contribution in [0.2, 0.25) is 5.02 Å². The average Bonchev–Trinajstić information content (AvgIpc) is 2.42. The summed E-state index contributed by atoms with van der Waals surface area (Å²) in [5.74, 6) is -1.15. The van der Waals surface area contributed by atoms with Crippen molar-refractivity contribution in [3.05, 3.63) is 40.7 Å². The zero-order valence-electron chi connectivity index (χ0n) is 11.2. The van der Waals surface area contributed by atoms with E-state index in [9.17, 15) is 13.2 Å².